The molecule has 27 heavy (non-hydrogen) atoms. The molecular weight excluding hydrogens is 362 g/mol. The Labute approximate surface area is 163 Å². The van der Waals surface area contributed by atoms with Crippen LogP contribution in [0.2, 0.25) is 0 Å². The van der Waals surface area contributed by atoms with Gasteiger partial charge in [-0.05, 0) is 35.6 Å². The van der Waals surface area contributed by atoms with Crippen molar-refractivity contribution in [2.75, 3.05) is 26.7 Å². The zero-order chi connectivity index (χ0) is 19.5. The van der Waals surface area contributed by atoms with Gasteiger partial charge >= 0.3 is 6.03 Å². The number of imide groups is 1. The van der Waals surface area contributed by atoms with Crippen LogP contribution in [-0.2, 0) is 17.8 Å². The Hall–Kier alpha value is -2.64. The van der Waals surface area contributed by atoms with Crippen LogP contribution in [0.25, 0.3) is 0 Å². The highest BCUT2D eigenvalue weighted by atomic mass is 32.1. The smallest absolute Gasteiger partial charge is 0.321 e. The molecule has 7 heteroatoms. The van der Waals surface area contributed by atoms with Crippen molar-refractivity contribution < 1.29 is 14.3 Å². The molecular formula is C20H25N3O3S. The molecule has 0 aliphatic carbocycles. The van der Waals surface area contributed by atoms with Crippen LogP contribution in [0, 0.1) is 0 Å². The second-order valence-corrected chi connectivity index (χ2v) is 6.97. The van der Waals surface area contributed by atoms with Crippen LogP contribution in [0.4, 0.5) is 4.79 Å². The Kier molecular flexibility index (Phi) is 8.54. The number of thiophene rings is 1. The number of hydrogen-bond donors (Lipinski definition) is 2. The van der Waals surface area contributed by atoms with E-state index in [1.54, 1.807) is 24.5 Å². The summed E-state index contributed by atoms with van der Waals surface area (Å²) in [4.78, 5) is 27.1. The van der Waals surface area contributed by atoms with E-state index in [0.29, 0.717) is 19.6 Å². The maximum Gasteiger partial charge on any atom is 0.321 e. The summed E-state index contributed by atoms with van der Waals surface area (Å²) in [7, 11) is 1.62. The number of ether oxygens (including phenoxy) is 1. The molecule has 144 valence electrons. The lowest BCUT2D eigenvalue weighted by Gasteiger charge is -2.20. The van der Waals surface area contributed by atoms with Crippen molar-refractivity contribution in [3.8, 4) is 5.75 Å². The Morgan fingerprint density at radius 1 is 1.26 bits per heavy atom. The summed E-state index contributed by atoms with van der Waals surface area (Å²) in [5, 5.41) is 7.07. The van der Waals surface area contributed by atoms with Crippen molar-refractivity contribution in [1.82, 2.24) is 15.5 Å². The highest BCUT2D eigenvalue weighted by molar-refractivity contribution is 7.09. The molecule has 2 aromatic rings. The normalized spacial score (nSPS) is 10.4. The minimum absolute atomic E-state index is 0.108. The van der Waals surface area contributed by atoms with E-state index in [-0.39, 0.29) is 12.5 Å². The number of methoxy groups -OCH3 is 1. The average Bonchev–Trinajstić information content (AvgIpc) is 3.16. The van der Waals surface area contributed by atoms with Crippen LogP contribution in [0.3, 0.4) is 0 Å². The van der Waals surface area contributed by atoms with Gasteiger partial charge < -0.3 is 10.1 Å². The molecule has 0 aliphatic heterocycles. The fourth-order valence-electron chi connectivity index (χ4n) is 2.52. The van der Waals surface area contributed by atoms with Crippen molar-refractivity contribution in [2.24, 2.45) is 0 Å². The molecule has 0 aliphatic rings. The SMILES string of the molecule is C=CCN(CC(=O)NC(=O)NCCc1cccs1)Cc1ccc(OC)cc1. The summed E-state index contributed by atoms with van der Waals surface area (Å²) in [5.41, 5.74) is 1.05. The molecule has 2 N–H and O–H groups in total. The Morgan fingerprint density at radius 2 is 2.04 bits per heavy atom. The van der Waals surface area contributed by atoms with E-state index < -0.39 is 6.03 Å². The van der Waals surface area contributed by atoms with Gasteiger partial charge in [0.05, 0.1) is 13.7 Å². The highest BCUT2D eigenvalue weighted by Gasteiger charge is 2.13. The van der Waals surface area contributed by atoms with Crippen LogP contribution < -0.4 is 15.4 Å². The molecule has 0 bridgehead atoms. The third-order valence-corrected chi connectivity index (χ3v) is 4.75. The van der Waals surface area contributed by atoms with Crippen LogP contribution >= 0.6 is 11.3 Å². The molecule has 0 saturated heterocycles. The molecule has 3 amide bonds. The maximum absolute atomic E-state index is 12.2. The number of nitrogens with zero attached hydrogens (tertiary/aromatic N) is 1. The quantitative estimate of drug-likeness (QED) is 0.615. The fourth-order valence-corrected chi connectivity index (χ4v) is 3.23. The molecule has 0 atom stereocenters. The van der Waals surface area contributed by atoms with Crippen molar-refractivity contribution >= 4 is 23.3 Å². The lowest BCUT2D eigenvalue weighted by molar-refractivity contribution is -0.121. The third kappa shape index (κ3) is 7.64. The predicted octanol–water partition coefficient (Wildman–Crippen LogP) is 2.81. The van der Waals surface area contributed by atoms with Gasteiger partial charge in [0.2, 0.25) is 5.91 Å². The van der Waals surface area contributed by atoms with Gasteiger partial charge in [-0.2, -0.15) is 0 Å². The molecule has 2 rings (SSSR count). The van der Waals surface area contributed by atoms with E-state index >= 15 is 0 Å². The lowest BCUT2D eigenvalue weighted by Crippen LogP contribution is -2.44. The first-order valence-electron chi connectivity index (χ1n) is 8.67. The van der Waals surface area contributed by atoms with Crippen molar-refractivity contribution in [1.29, 1.82) is 0 Å². The summed E-state index contributed by atoms with van der Waals surface area (Å²) < 4.78 is 5.15. The first kappa shape index (κ1) is 20.7. The maximum atomic E-state index is 12.2. The van der Waals surface area contributed by atoms with Gasteiger partial charge in [0.1, 0.15) is 5.75 Å². The number of urea groups is 1. The minimum Gasteiger partial charge on any atom is -0.497 e. The van der Waals surface area contributed by atoms with E-state index in [4.69, 9.17) is 4.74 Å². The topological polar surface area (TPSA) is 70.7 Å². The molecule has 0 radical (unpaired) electrons. The van der Waals surface area contributed by atoms with Gasteiger partial charge in [0.15, 0.2) is 0 Å². The van der Waals surface area contributed by atoms with Crippen LogP contribution in [0.1, 0.15) is 10.4 Å². The number of amides is 3. The molecule has 0 spiro atoms. The third-order valence-electron chi connectivity index (χ3n) is 3.81. The molecule has 0 saturated carbocycles. The minimum atomic E-state index is -0.473. The summed E-state index contributed by atoms with van der Waals surface area (Å²) in [6.45, 7) is 5.44. The fraction of sp³-hybridized carbons (Fsp3) is 0.300. The molecule has 1 aromatic heterocycles. The van der Waals surface area contributed by atoms with Gasteiger partial charge in [-0.1, -0.05) is 24.3 Å². The van der Waals surface area contributed by atoms with E-state index in [9.17, 15) is 9.59 Å². The second kappa shape index (κ2) is 11.2. The summed E-state index contributed by atoms with van der Waals surface area (Å²) in [6, 6.07) is 11.2. The molecule has 6 nitrogen and oxygen atoms in total. The largest absolute Gasteiger partial charge is 0.497 e. The van der Waals surface area contributed by atoms with Crippen LogP contribution in [0.15, 0.2) is 54.4 Å². The Morgan fingerprint density at radius 3 is 2.67 bits per heavy atom. The molecule has 1 aromatic carbocycles. The number of rotatable bonds is 10. The van der Waals surface area contributed by atoms with Crippen LogP contribution in [-0.4, -0.2) is 43.6 Å². The zero-order valence-electron chi connectivity index (χ0n) is 15.4. The summed E-state index contributed by atoms with van der Waals surface area (Å²) >= 11 is 1.64. The van der Waals surface area contributed by atoms with Gasteiger partial charge in [-0.3, -0.25) is 15.0 Å². The first-order chi connectivity index (χ1) is 13.1. The number of benzene rings is 1. The highest BCUT2D eigenvalue weighted by Crippen LogP contribution is 2.13. The van der Waals surface area contributed by atoms with Crippen molar-refractivity contribution in [3.05, 3.63) is 64.9 Å². The second-order valence-electron chi connectivity index (χ2n) is 5.94. The number of hydrogen-bond acceptors (Lipinski definition) is 5. The summed E-state index contributed by atoms with van der Waals surface area (Å²) in [6.07, 6.45) is 2.48. The molecule has 0 unspecified atom stereocenters. The predicted molar refractivity (Wildman–Crippen MR) is 108 cm³/mol. The van der Waals surface area contributed by atoms with E-state index in [1.807, 2.05) is 46.7 Å². The van der Waals surface area contributed by atoms with Crippen LogP contribution in [0.5, 0.6) is 5.75 Å². The number of carbonyl (C=O) groups is 2. The van der Waals surface area contributed by atoms with Gasteiger partial charge in [0, 0.05) is 24.5 Å². The van der Waals surface area contributed by atoms with Crippen molar-refractivity contribution in [3.63, 3.8) is 0 Å². The average molecular weight is 388 g/mol. The van der Waals surface area contributed by atoms with Gasteiger partial charge in [-0.15, -0.1) is 17.9 Å². The standard InChI is InChI=1S/C20H25N3O3S/c1-3-12-23(14-16-6-8-17(26-2)9-7-16)15-19(24)22-20(25)21-11-10-18-5-4-13-27-18/h3-9,13H,1,10-12,14-15H2,2H3,(H2,21,22,24,25). The Balaban J connectivity index is 1.76. The first-order valence-corrected chi connectivity index (χ1v) is 9.55. The monoisotopic (exact) mass is 387 g/mol. The molecule has 1 heterocycles. The van der Waals surface area contributed by atoms with Gasteiger partial charge in [-0.25, -0.2) is 4.79 Å². The van der Waals surface area contributed by atoms with Crippen molar-refractivity contribution in [2.45, 2.75) is 13.0 Å². The number of nitrogens with one attached hydrogen (secondary N) is 2. The molecule has 0 fully saturated rings. The van der Waals surface area contributed by atoms with E-state index in [2.05, 4.69) is 17.2 Å². The lowest BCUT2D eigenvalue weighted by atomic mass is 10.2. The summed E-state index contributed by atoms with van der Waals surface area (Å²) in [5.74, 6) is 0.435. The van der Waals surface area contributed by atoms with E-state index in [1.165, 1.54) is 4.88 Å². The van der Waals surface area contributed by atoms with Gasteiger partial charge in [0.25, 0.3) is 0 Å². The van der Waals surface area contributed by atoms with E-state index in [0.717, 1.165) is 17.7 Å². The Bertz CT molecular complexity index is 729. The number of carbonyl (C=O) groups excluding carboxylic acids is 2. The zero-order valence-corrected chi connectivity index (χ0v) is 16.3.